The lowest BCUT2D eigenvalue weighted by molar-refractivity contribution is -0.116. The molecule has 2 aromatic heterocycles. The van der Waals surface area contributed by atoms with Gasteiger partial charge in [-0.15, -0.1) is 0 Å². The number of hydrogen-bond acceptors (Lipinski definition) is 4. The summed E-state index contributed by atoms with van der Waals surface area (Å²) in [4.78, 5) is 16.7. The number of hydrogen-bond donors (Lipinski definition) is 1. The average molecular weight is 437 g/mol. The van der Waals surface area contributed by atoms with Crippen molar-refractivity contribution in [2.45, 2.75) is 24.1 Å². The number of fused-ring (bicyclic) bond motifs is 1. The zero-order valence-electron chi connectivity index (χ0n) is 16.7. The zero-order valence-corrected chi connectivity index (χ0v) is 17.6. The van der Waals surface area contributed by atoms with E-state index in [0.717, 1.165) is 5.56 Å². The molecule has 8 heteroatoms. The predicted octanol–water partition coefficient (Wildman–Crippen LogP) is 4.10. The van der Waals surface area contributed by atoms with Crippen LogP contribution in [0.3, 0.4) is 0 Å². The number of rotatable bonds is 6. The van der Waals surface area contributed by atoms with Crippen molar-refractivity contribution in [1.82, 2.24) is 9.55 Å². The van der Waals surface area contributed by atoms with Gasteiger partial charge in [0.1, 0.15) is 18.2 Å². The number of halogens is 1. The summed E-state index contributed by atoms with van der Waals surface area (Å²) in [5.41, 5.74) is 1.66. The minimum absolute atomic E-state index is 0.0628. The number of anilines is 1. The normalized spacial score (nSPS) is 11.5. The number of aromatic nitrogens is 2. The minimum atomic E-state index is -3.85. The minimum Gasteiger partial charge on any atom is -0.337 e. The molecule has 0 spiro atoms. The van der Waals surface area contributed by atoms with Gasteiger partial charge in [0.05, 0.1) is 10.6 Å². The zero-order chi connectivity index (χ0) is 22.0. The Hall–Kier alpha value is -3.52. The van der Waals surface area contributed by atoms with Gasteiger partial charge < -0.3 is 9.88 Å². The first-order valence-corrected chi connectivity index (χ1v) is 11.3. The van der Waals surface area contributed by atoms with Crippen molar-refractivity contribution in [1.29, 1.82) is 0 Å². The van der Waals surface area contributed by atoms with E-state index < -0.39 is 21.4 Å². The number of nitrogens with zero attached hydrogens (tertiary/aromatic N) is 2. The second kappa shape index (κ2) is 8.31. The molecule has 6 nitrogen and oxygen atoms in total. The Kier molecular flexibility index (Phi) is 5.56. The van der Waals surface area contributed by atoms with Crippen molar-refractivity contribution in [2.75, 3.05) is 5.32 Å². The standard InChI is InChI=1S/C23H20FN3O3S/c1-16-10-11-25-22(12-16)26-23(28)14-27-13-21(18-7-3-5-9-20(18)27)31(29,30)15-17-6-2-4-8-19(17)24/h2-13H,14-15H2,1H3,(H,25,26,28). The van der Waals surface area contributed by atoms with Gasteiger partial charge in [0.15, 0.2) is 9.84 Å². The largest absolute Gasteiger partial charge is 0.337 e. The lowest BCUT2D eigenvalue weighted by Gasteiger charge is -2.07. The lowest BCUT2D eigenvalue weighted by Crippen LogP contribution is -2.19. The Balaban J connectivity index is 1.66. The van der Waals surface area contributed by atoms with Gasteiger partial charge in [0.2, 0.25) is 5.91 Å². The van der Waals surface area contributed by atoms with Gasteiger partial charge in [0, 0.05) is 28.9 Å². The van der Waals surface area contributed by atoms with Crippen molar-refractivity contribution in [2.24, 2.45) is 0 Å². The number of sulfone groups is 1. The Labute approximate surface area is 179 Å². The molecule has 158 valence electrons. The highest BCUT2D eigenvalue weighted by Gasteiger charge is 2.23. The molecule has 4 rings (SSSR count). The summed E-state index contributed by atoms with van der Waals surface area (Å²) in [6.45, 7) is 1.80. The molecule has 0 radical (unpaired) electrons. The van der Waals surface area contributed by atoms with E-state index in [1.54, 1.807) is 47.2 Å². The van der Waals surface area contributed by atoms with Crippen LogP contribution in [0.4, 0.5) is 10.2 Å². The SMILES string of the molecule is Cc1ccnc(NC(=O)Cn2cc(S(=O)(=O)Cc3ccccc3F)c3ccccc32)c1. The molecule has 1 amide bonds. The van der Waals surface area contributed by atoms with E-state index in [-0.39, 0.29) is 22.9 Å². The maximum Gasteiger partial charge on any atom is 0.245 e. The third-order valence-electron chi connectivity index (χ3n) is 4.89. The van der Waals surface area contributed by atoms with Crippen LogP contribution >= 0.6 is 0 Å². The monoisotopic (exact) mass is 437 g/mol. The fourth-order valence-electron chi connectivity index (χ4n) is 3.43. The molecule has 31 heavy (non-hydrogen) atoms. The first-order chi connectivity index (χ1) is 14.8. The van der Waals surface area contributed by atoms with Crippen LogP contribution < -0.4 is 5.32 Å². The van der Waals surface area contributed by atoms with Gasteiger partial charge in [-0.2, -0.15) is 0 Å². The maximum atomic E-state index is 14.0. The summed E-state index contributed by atoms with van der Waals surface area (Å²) >= 11 is 0. The number of carbonyl (C=O) groups is 1. The molecule has 0 bridgehead atoms. The number of amides is 1. The van der Waals surface area contributed by atoms with E-state index in [1.807, 2.05) is 13.0 Å². The van der Waals surface area contributed by atoms with E-state index in [0.29, 0.717) is 16.7 Å². The summed E-state index contributed by atoms with van der Waals surface area (Å²) in [7, 11) is -3.85. The van der Waals surface area contributed by atoms with E-state index in [4.69, 9.17) is 0 Å². The van der Waals surface area contributed by atoms with Gasteiger partial charge in [-0.05, 0) is 36.8 Å². The molecule has 2 aromatic carbocycles. The Morgan fingerprint density at radius 2 is 1.84 bits per heavy atom. The molecule has 0 aliphatic rings. The molecule has 2 heterocycles. The molecule has 0 unspecified atom stereocenters. The molecule has 0 aliphatic heterocycles. The molecule has 0 aliphatic carbocycles. The number of nitrogens with one attached hydrogen (secondary N) is 1. The van der Waals surface area contributed by atoms with Crippen LogP contribution in [0.1, 0.15) is 11.1 Å². The van der Waals surface area contributed by atoms with E-state index in [9.17, 15) is 17.6 Å². The van der Waals surface area contributed by atoms with Crippen LogP contribution in [0.25, 0.3) is 10.9 Å². The van der Waals surface area contributed by atoms with Crippen molar-refractivity contribution >= 4 is 32.5 Å². The van der Waals surface area contributed by atoms with E-state index >= 15 is 0 Å². The van der Waals surface area contributed by atoms with Crippen molar-refractivity contribution in [3.63, 3.8) is 0 Å². The van der Waals surface area contributed by atoms with Crippen molar-refractivity contribution in [3.8, 4) is 0 Å². The highest BCUT2D eigenvalue weighted by Crippen LogP contribution is 2.28. The average Bonchev–Trinajstić information content (AvgIpc) is 3.09. The second-order valence-electron chi connectivity index (χ2n) is 7.26. The van der Waals surface area contributed by atoms with Crippen LogP contribution in [0.15, 0.2) is 78.0 Å². The molecule has 1 N–H and O–H groups in total. The van der Waals surface area contributed by atoms with Crippen LogP contribution in [0.5, 0.6) is 0 Å². The van der Waals surface area contributed by atoms with Gasteiger partial charge >= 0.3 is 0 Å². The predicted molar refractivity (Wildman–Crippen MR) is 117 cm³/mol. The van der Waals surface area contributed by atoms with Crippen LogP contribution in [-0.4, -0.2) is 23.9 Å². The summed E-state index contributed by atoms with van der Waals surface area (Å²) < 4.78 is 41.8. The molecular weight excluding hydrogens is 417 g/mol. The van der Waals surface area contributed by atoms with Crippen LogP contribution in [0, 0.1) is 12.7 Å². The second-order valence-corrected chi connectivity index (χ2v) is 9.21. The van der Waals surface area contributed by atoms with Crippen molar-refractivity contribution < 1.29 is 17.6 Å². The quantitative estimate of drug-likeness (QED) is 0.493. The van der Waals surface area contributed by atoms with E-state index in [2.05, 4.69) is 10.3 Å². The van der Waals surface area contributed by atoms with Gasteiger partial charge in [-0.1, -0.05) is 36.4 Å². The molecule has 0 saturated carbocycles. The lowest BCUT2D eigenvalue weighted by atomic mass is 10.2. The Morgan fingerprint density at radius 1 is 1.10 bits per heavy atom. The molecule has 0 saturated heterocycles. The van der Waals surface area contributed by atoms with Gasteiger partial charge in [-0.3, -0.25) is 4.79 Å². The Morgan fingerprint density at radius 3 is 2.61 bits per heavy atom. The fourth-order valence-corrected chi connectivity index (χ4v) is 5.03. The summed E-state index contributed by atoms with van der Waals surface area (Å²) in [5.74, 6) is -0.946. The summed E-state index contributed by atoms with van der Waals surface area (Å²) in [6, 6.07) is 16.3. The molecule has 4 aromatic rings. The smallest absolute Gasteiger partial charge is 0.245 e. The number of benzene rings is 2. The topological polar surface area (TPSA) is 81.1 Å². The summed E-state index contributed by atoms with van der Waals surface area (Å²) in [6.07, 6.45) is 3.04. The van der Waals surface area contributed by atoms with Crippen LogP contribution in [-0.2, 0) is 26.9 Å². The maximum absolute atomic E-state index is 14.0. The van der Waals surface area contributed by atoms with Crippen molar-refractivity contribution in [3.05, 3.63) is 90.0 Å². The number of aryl methyl sites for hydroxylation is 1. The van der Waals surface area contributed by atoms with Gasteiger partial charge in [-0.25, -0.2) is 17.8 Å². The molecule has 0 fully saturated rings. The third-order valence-corrected chi connectivity index (χ3v) is 6.57. The first-order valence-electron chi connectivity index (χ1n) is 9.60. The highest BCUT2D eigenvalue weighted by molar-refractivity contribution is 7.90. The summed E-state index contributed by atoms with van der Waals surface area (Å²) in [5, 5.41) is 3.21. The number of pyridine rings is 1. The van der Waals surface area contributed by atoms with Gasteiger partial charge in [0.25, 0.3) is 0 Å². The highest BCUT2D eigenvalue weighted by atomic mass is 32.2. The molecule has 0 atom stereocenters. The fraction of sp³-hybridized carbons (Fsp3) is 0.130. The first kappa shape index (κ1) is 20.7. The third kappa shape index (κ3) is 4.49. The van der Waals surface area contributed by atoms with Crippen LogP contribution in [0.2, 0.25) is 0 Å². The van der Waals surface area contributed by atoms with E-state index in [1.165, 1.54) is 24.4 Å². The number of para-hydroxylation sites is 1. The number of carbonyl (C=O) groups excluding carboxylic acids is 1. The molecular formula is C23H20FN3O3S. The Bertz CT molecular complexity index is 1380.